The molecule has 0 heterocycles. The first kappa shape index (κ1) is 31.3. The molecule has 0 aromatic heterocycles. The molecule has 3 nitrogen and oxygen atoms in total. The van der Waals surface area contributed by atoms with Crippen LogP contribution in [0.1, 0.15) is 27.8 Å². The number of para-hydroxylation sites is 1. The van der Waals surface area contributed by atoms with Crippen molar-refractivity contribution < 1.29 is 9.47 Å². The topological polar surface area (TPSA) is 21.7 Å². The molecule has 0 bridgehead atoms. The lowest BCUT2D eigenvalue weighted by Gasteiger charge is -2.26. The Bertz CT molecular complexity index is 2090. The van der Waals surface area contributed by atoms with Gasteiger partial charge in [0.25, 0.3) is 0 Å². The molecule has 3 heteroatoms. The summed E-state index contributed by atoms with van der Waals surface area (Å²) in [7, 11) is 0. The molecule has 0 saturated heterocycles. The summed E-state index contributed by atoms with van der Waals surface area (Å²) in [6.45, 7) is 1.04. The molecule has 7 aromatic carbocycles. The smallest absolute Gasteiger partial charge is 0.121 e. The highest BCUT2D eigenvalue weighted by Crippen LogP contribution is 2.37. The number of anilines is 3. The van der Waals surface area contributed by atoms with E-state index in [4.69, 9.17) is 9.47 Å². The Morgan fingerprint density at radius 3 is 1.49 bits per heavy atom. The molecule has 238 valence electrons. The van der Waals surface area contributed by atoms with Gasteiger partial charge in [-0.25, -0.2) is 0 Å². The van der Waals surface area contributed by atoms with Crippen molar-refractivity contribution in [3.63, 3.8) is 0 Å². The molecule has 0 aliphatic heterocycles. The molecule has 7 rings (SSSR count). The largest absolute Gasteiger partial charge is 0.489 e. The molecule has 0 fully saturated rings. The van der Waals surface area contributed by atoms with Crippen molar-refractivity contribution in [2.24, 2.45) is 0 Å². The number of hydrogen-bond acceptors (Lipinski definition) is 3. The Morgan fingerprint density at radius 1 is 0.408 bits per heavy atom. The van der Waals surface area contributed by atoms with Gasteiger partial charge < -0.3 is 14.4 Å². The van der Waals surface area contributed by atoms with Crippen LogP contribution in [-0.4, -0.2) is 0 Å². The lowest BCUT2D eigenvalue weighted by molar-refractivity contribution is 0.306. The fraction of sp³-hybridized carbons (Fsp3) is 0.0435. The van der Waals surface area contributed by atoms with E-state index >= 15 is 0 Å². The zero-order valence-corrected chi connectivity index (χ0v) is 27.2. The van der Waals surface area contributed by atoms with E-state index in [9.17, 15) is 0 Å². The van der Waals surface area contributed by atoms with Crippen molar-refractivity contribution >= 4 is 28.7 Å². The van der Waals surface area contributed by atoms with Crippen LogP contribution in [0.15, 0.2) is 194 Å². The van der Waals surface area contributed by atoms with E-state index in [1.807, 2.05) is 60.7 Å². The van der Waals surface area contributed by atoms with Gasteiger partial charge in [0, 0.05) is 23.1 Å². The first-order valence-corrected chi connectivity index (χ1v) is 16.5. The quantitative estimate of drug-likeness (QED) is 0.125. The minimum atomic E-state index is 0.516. The molecule has 0 unspecified atom stereocenters. The summed E-state index contributed by atoms with van der Waals surface area (Å²) in [4.78, 5) is 2.26. The van der Waals surface area contributed by atoms with E-state index in [2.05, 4.69) is 144 Å². The number of ether oxygens (including phenoxy) is 2. The van der Waals surface area contributed by atoms with Crippen LogP contribution in [0.5, 0.6) is 11.5 Å². The maximum Gasteiger partial charge on any atom is 0.121 e. The van der Waals surface area contributed by atoms with Gasteiger partial charge in [0.2, 0.25) is 0 Å². The molecule has 49 heavy (non-hydrogen) atoms. The molecule has 0 amide bonds. The third-order valence-electron chi connectivity index (χ3n) is 8.28. The van der Waals surface area contributed by atoms with Crippen molar-refractivity contribution in [2.45, 2.75) is 13.2 Å². The fourth-order valence-corrected chi connectivity index (χ4v) is 5.81. The van der Waals surface area contributed by atoms with Crippen molar-refractivity contribution in [1.29, 1.82) is 0 Å². The van der Waals surface area contributed by atoms with Crippen LogP contribution in [-0.2, 0) is 13.2 Å². The van der Waals surface area contributed by atoms with Gasteiger partial charge in [0.05, 0.1) is 0 Å². The minimum absolute atomic E-state index is 0.516. The molecule has 0 atom stereocenters. The van der Waals surface area contributed by atoms with Crippen LogP contribution in [0, 0.1) is 0 Å². The second kappa shape index (κ2) is 15.5. The van der Waals surface area contributed by atoms with Crippen molar-refractivity contribution in [3.05, 3.63) is 222 Å². The number of rotatable bonds is 12. The average molecular weight is 636 g/mol. The highest BCUT2D eigenvalue weighted by atomic mass is 16.5. The molecule has 0 saturated carbocycles. The Hall–Kier alpha value is -6.32. The number of hydrogen-bond donors (Lipinski definition) is 0. The Labute approximate surface area is 289 Å². The van der Waals surface area contributed by atoms with Crippen LogP contribution in [0.2, 0.25) is 0 Å². The second-order valence-electron chi connectivity index (χ2n) is 11.8. The minimum Gasteiger partial charge on any atom is -0.489 e. The average Bonchev–Trinajstić information content (AvgIpc) is 3.18. The van der Waals surface area contributed by atoms with E-state index in [1.165, 1.54) is 0 Å². The highest BCUT2D eigenvalue weighted by molar-refractivity contribution is 5.92. The first-order valence-electron chi connectivity index (χ1n) is 16.5. The summed E-state index contributed by atoms with van der Waals surface area (Å²) in [5, 5.41) is 0. The molecule has 0 spiro atoms. The summed E-state index contributed by atoms with van der Waals surface area (Å²) in [5.74, 6) is 1.66. The van der Waals surface area contributed by atoms with Gasteiger partial charge in [0.1, 0.15) is 24.7 Å². The van der Waals surface area contributed by atoms with Crippen LogP contribution in [0.25, 0.3) is 11.6 Å². The Morgan fingerprint density at radius 2 is 0.878 bits per heavy atom. The van der Waals surface area contributed by atoms with E-state index < -0.39 is 0 Å². The first-order chi connectivity index (χ1) is 24.3. The lowest BCUT2D eigenvalue weighted by atomic mass is 9.95. The lowest BCUT2D eigenvalue weighted by Crippen LogP contribution is -2.10. The zero-order valence-electron chi connectivity index (χ0n) is 27.2. The van der Waals surface area contributed by atoms with E-state index in [0.717, 1.165) is 62.0 Å². The van der Waals surface area contributed by atoms with Crippen molar-refractivity contribution in [1.82, 2.24) is 0 Å². The molecule has 0 radical (unpaired) electrons. The summed E-state index contributed by atoms with van der Waals surface area (Å²) >= 11 is 0. The maximum atomic E-state index is 6.20. The summed E-state index contributed by atoms with van der Waals surface area (Å²) in [6.07, 6.45) is 2.25. The van der Waals surface area contributed by atoms with Gasteiger partial charge >= 0.3 is 0 Å². The predicted molar refractivity (Wildman–Crippen MR) is 203 cm³/mol. The van der Waals surface area contributed by atoms with Crippen molar-refractivity contribution in [2.75, 3.05) is 4.90 Å². The molecule has 7 aromatic rings. The SMILES string of the molecule is C(=C(/c1ccccc1)c1cccc(OCc2ccccc2)c1)/c1ccc(N(c2ccccc2)c2cccc(OCc3ccccc3)c2)cc1. The third kappa shape index (κ3) is 8.16. The highest BCUT2D eigenvalue weighted by Gasteiger charge is 2.14. The van der Waals surface area contributed by atoms with Crippen LogP contribution in [0.3, 0.4) is 0 Å². The number of nitrogens with zero attached hydrogens (tertiary/aromatic N) is 1. The molecule has 0 aliphatic rings. The Kier molecular flexibility index (Phi) is 9.91. The summed E-state index contributed by atoms with van der Waals surface area (Å²) in [6, 6.07) is 66.8. The molecule has 0 aliphatic carbocycles. The normalized spacial score (nSPS) is 11.1. The number of benzene rings is 7. The van der Waals surface area contributed by atoms with Gasteiger partial charge in [-0.05, 0) is 88.0 Å². The van der Waals surface area contributed by atoms with E-state index in [0.29, 0.717) is 13.2 Å². The standard InChI is InChI=1S/C46H37NO2/c1-5-15-37(16-6-1)34-48-44-25-13-21-40(32-44)46(39-19-9-3-10-20-39)31-36-27-29-42(30-28-36)47(41-22-11-4-12-23-41)43-24-14-26-45(33-43)49-35-38-17-7-2-8-18-38/h1-33H,34-35H2/b46-31+. The summed E-state index contributed by atoms with van der Waals surface area (Å²) < 4.78 is 12.4. The van der Waals surface area contributed by atoms with Gasteiger partial charge in [-0.15, -0.1) is 0 Å². The second-order valence-corrected chi connectivity index (χ2v) is 11.8. The fourth-order valence-electron chi connectivity index (χ4n) is 5.81. The van der Waals surface area contributed by atoms with E-state index in [-0.39, 0.29) is 0 Å². The van der Waals surface area contributed by atoms with Crippen LogP contribution < -0.4 is 14.4 Å². The summed E-state index contributed by atoms with van der Waals surface area (Å²) in [5.41, 5.74) is 9.90. The zero-order chi connectivity index (χ0) is 33.1. The van der Waals surface area contributed by atoms with Gasteiger partial charge in [-0.1, -0.05) is 140 Å². The molecular weight excluding hydrogens is 599 g/mol. The maximum absolute atomic E-state index is 6.20. The molecular formula is C46H37NO2. The van der Waals surface area contributed by atoms with Gasteiger partial charge in [-0.3, -0.25) is 0 Å². The van der Waals surface area contributed by atoms with Gasteiger partial charge in [-0.2, -0.15) is 0 Å². The van der Waals surface area contributed by atoms with E-state index in [1.54, 1.807) is 0 Å². The van der Waals surface area contributed by atoms with Crippen molar-refractivity contribution in [3.8, 4) is 11.5 Å². The predicted octanol–water partition coefficient (Wildman–Crippen LogP) is 11.9. The monoisotopic (exact) mass is 635 g/mol. The third-order valence-corrected chi connectivity index (χ3v) is 8.28. The Balaban J connectivity index is 1.18. The van der Waals surface area contributed by atoms with Crippen LogP contribution >= 0.6 is 0 Å². The molecule has 0 N–H and O–H groups in total. The van der Waals surface area contributed by atoms with Gasteiger partial charge in [0.15, 0.2) is 0 Å². The van der Waals surface area contributed by atoms with Crippen LogP contribution in [0.4, 0.5) is 17.1 Å².